The molecule has 11 heavy (non-hydrogen) atoms. The molecule has 1 heterocycles. The predicted octanol–water partition coefficient (Wildman–Crippen LogP) is -1.07. The predicted molar refractivity (Wildman–Crippen MR) is 44.2 cm³/mol. The zero-order chi connectivity index (χ0) is 8.27. The highest BCUT2D eigenvalue weighted by molar-refractivity contribution is 8.00. The van der Waals surface area contributed by atoms with Gasteiger partial charge in [-0.2, -0.15) is 11.8 Å². The highest BCUT2D eigenvalue weighted by Gasteiger charge is 2.20. The summed E-state index contributed by atoms with van der Waals surface area (Å²) in [7, 11) is 0. The van der Waals surface area contributed by atoms with Gasteiger partial charge in [0.05, 0.1) is 24.5 Å². The molecule has 1 amide bonds. The van der Waals surface area contributed by atoms with Gasteiger partial charge in [-0.1, -0.05) is 0 Å². The fourth-order valence-electron chi connectivity index (χ4n) is 0.632. The number of ether oxygens (including phenoxy) is 1. The van der Waals surface area contributed by atoms with Crippen LogP contribution in [0, 0.1) is 0 Å². The Balaban J connectivity index is 2.05. The Labute approximate surface area is 69.6 Å². The van der Waals surface area contributed by atoms with Crippen LogP contribution in [-0.4, -0.2) is 36.2 Å². The number of nitrogens with two attached hydrogens (primary N) is 2. The monoisotopic (exact) mass is 176 g/mol. The van der Waals surface area contributed by atoms with Crippen molar-refractivity contribution in [3.63, 3.8) is 0 Å². The number of amides is 1. The number of carbonyl (C=O) groups excluding carboxylic acids is 1. The first-order chi connectivity index (χ1) is 5.20. The van der Waals surface area contributed by atoms with Crippen LogP contribution in [0.2, 0.25) is 0 Å². The molecule has 0 saturated carbocycles. The van der Waals surface area contributed by atoms with E-state index in [0.29, 0.717) is 11.0 Å². The van der Waals surface area contributed by atoms with Gasteiger partial charge in [0.15, 0.2) is 0 Å². The minimum absolute atomic E-state index is 0.433. The zero-order valence-electron chi connectivity index (χ0n) is 6.16. The number of thioether (sulfide) groups is 1. The molecule has 0 aliphatic carbocycles. The van der Waals surface area contributed by atoms with Crippen molar-refractivity contribution < 1.29 is 9.53 Å². The molecule has 1 rings (SSSR count). The van der Waals surface area contributed by atoms with E-state index in [-0.39, 0.29) is 0 Å². The Morgan fingerprint density at radius 2 is 2.36 bits per heavy atom. The number of rotatable bonds is 4. The normalized spacial score (nSPS) is 20.8. The van der Waals surface area contributed by atoms with Crippen molar-refractivity contribution in [2.75, 3.05) is 19.0 Å². The van der Waals surface area contributed by atoms with Crippen molar-refractivity contribution >= 4 is 17.7 Å². The Morgan fingerprint density at radius 1 is 1.73 bits per heavy atom. The van der Waals surface area contributed by atoms with Gasteiger partial charge in [-0.15, -0.1) is 0 Å². The molecule has 1 saturated heterocycles. The maximum atomic E-state index is 10.5. The molecule has 0 aromatic rings. The minimum Gasteiger partial charge on any atom is -0.379 e. The SMILES string of the molecule is NC(=O)C(N)CSC1COC1. The van der Waals surface area contributed by atoms with Gasteiger partial charge in [0, 0.05) is 5.75 Å². The number of primary amides is 1. The van der Waals surface area contributed by atoms with Crippen LogP contribution in [0.25, 0.3) is 0 Å². The van der Waals surface area contributed by atoms with Gasteiger partial charge in [-0.05, 0) is 0 Å². The summed E-state index contributed by atoms with van der Waals surface area (Å²) < 4.78 is 4.95. The van der Waals surface area contributed by atoms with Crippen molar-refractivity contribution in [3.05, 3.63) is 0 Å². The first-order valence-corrected chi connectivity index (χ1v) is 4.49. The maximum Gasteiger partial charge on any atom is 0.235 e. The summed E-state index contributed by atoms with van der Waals surface area (Å²) in [4.78, 5) is 10.5. The van der Waals surface area contributed by atoms with E-state index >= 15 is 0 Å². The lowest BCUT2D eigenvalue weighted by molar-refractivity contribution is -0.118. The summed E-state index contributed by atoms with van der Waals surface area (Å²) in [6.07, 6.45) is 0. The third-order valence-electron chi connectivity index (χ3n) is 1.48. The van der Waals surface area contributed by atoms with Crippen molar-refractivity contribution in [1.29, 1.82) is 0 Å². The molecule has 1 fully saturated rings. The molecule has 1 aliphatic rings. The molecule has 1 unspecified atom stereocenters. The summed E-state index contributed by atoms with van der Waals surface area (Å²) in [6, 6.07) is -0.513. The summed E-state index contributed by atoms with van der Waals surface area (Å²) >= 11 is 1.65. The second-order valence-corrected chi connectivity index (χ2v) is 3.83. The fourth-order valence-corrected chi connectivity index (χ4v) is 1.66. The third kappa shape index (κ3) is 2.69. The second-order valence-electron chi connectivity index (χ2n) is 2.50. The topological polar surface area (TPSA) is 78.3 Å². The van der Waals surface area contributed by atoms with Crippen LogP contribution in [0.5, 0.6) is 0 Å². The standard InChI is InChI=1S/C6H12N2O2S/c7-5(6(8)9)3-11-4-1-10-2-4/h4-5H,1-3,7H2,(H2,8,9). The molecule has 0 aromatic carbocycles. The van der Waals surface area contributed by atoms with E-state index in [1.54, 1.807) is 11.8 Å². The van der Waals surface area contributed by atoms with Crippen molar-refractivity contribution in [3.8, 4) is 0 Å². The molecule has 0 aromatic heterocycles. The molecule has 64 valence electrons. The van der Waals surface area contributed by atoms with Crippen LogP contribution in [0.1, 0.15) is 0 Å². The Hall–Kier alpha value is -0.260. The van der Waals surface area contributed by atoms with Crippen LogP contribution in [0.15, 0.2) is 0 Å². The van der Waals surface area contributed by atoms with Crippen LogP contribution in [0.4, 0.5) is 0 Å². The Bertz CT molecular complexity index is 150. The van der Waals surface area contributed by atoms with Gasteiger partial charge >= 0.3 is 0 Å². The van der Waals surface area contributed by atoms with Gasteiger partial charge in [-0.25, -0.2) is 0 Å². The molecule has 1 atom stereocenters. The van der Waals surface area contributed by atoms with E-state index in [9.17, 15) is 4.79 Å². The largest absolute Gasteiger partial charge is 0.379 e. The lowest BCUT2D eigenvalue weighted by atomic mass is 10.3. The van der Waals surface area contributed by atoms with Crippen LogP contribution < -0.4 is 11.5 Å². The van der Waals surface area contributed by atoms with Crippen molar-refractivity contribution in [2.24, 2.45) is 11.5 Å². The van der Waals surface area contributed by atoms with E-state index in [1.807, 2.05) is 0 Å². The van der Waals surface area contributed by atoms with Gasteiger partial charge < -0.3 is 16.2 Å². The van der Waals surface area contributed by atoms with Gasteiger partial charge in [-0.3, -0.25) is 4.79 Å². The summed E-state index contributed by atoms with van der Waals surface area (Å²) in [5.41, 5.74) is 10.4. The highest BCUT2D eigenvalue weighted by Crippen LogP contribution is 2.18. The zero-order valence-corrected chi connectivity index (χ0v) is 6.97. The number of carbonyl (C=O) groups is 1. The second kappa shape index (κ2) is 3.94. The number of hydrogen-bond acceptors (Lipinski definition) is 4. The van der Waals surface area contributed by atoms with Crippen LogP contribution in [0.3, 0.4) is 0 Å². The molecule has 0 spiro atoms. The molecule has 0 radical (unpaired) electrons. The molecule has 1 aliphatic heterocycles. The van der Waals surface area contributed by atoms with Crippen molar-refractivity contribution in [1.82, 2.24) is 0 Å². The summed E-state index contributed by atoms with van der Waals surface area (Å²) in [5, 5.41) is 0.514. The number of hydrogen-bond donors (Lipinski definition) is 2. The molecule has 0 bridgehead atoms. The van der Waals surface area contributed by atoms with E-state index < -0.39 is 11.9 Å². The third-order valence-corrected chi connectivity index (χ3v) is 2.78. The minimum atomic E-state index is -0.513. The molecular formula is C6H12N2O2S. The smallest absolute Gasteiger partial charge is 0.235 e. The van der Waals surface area contributed by atoms with E-state index in [0.717, 1.165) is 13.2 Å². The van der Waals surface area contributed by atoms with Crippen molar-refractivity contribution in [2.45, 2.75) is 11.3 Å². The first-order valence-electron chi connectivity index (χ1n) is 3.44. The quantitative estimate of drug-likeness (QED) is 0.572. The molecular weight excluding hydrogens is 164 g/mol. The molecule has 4 N–H and O–H groups in total. The van der Waals surface area contributed by atoms with Crippen LogP contribution in [-0.2, 0) is 9.53 Å². The molecule has 5 heteroatoms. The van der Waals surface area contributed by atoms with Gasteiger partial charge in [0.1, 0.15) is 0 Å². The Kier molecular flexibility index (Phi) is 3.16. The van der Waals surface area contributed by atoms with E-state index in [4.69, 9.17) is 16.2 Å². The summed E-state index contributed by atoms with van der Waals surface area (Å²) in [5.74, 6) is 0.168. The molecule has 4 nitrogen and oxygen atoms in total. The maximum absolute atomic E-state index is 10.5. The lowest BCUT2D eigenvalue weighted by Crippen LogP contribution is -2.40. The van der Waals surface area contributed by atoms with E-state index in [2.05, 4.69) is 0 Å². The Morgan fingerprint density at radius 3 is 2.73 bits per heavy atom. The average molecular weight is 176 g/mol. The van der Waals surface area contributed by atoms with Gasteiger partial charge in [0.25, 0.3) is 0 Å². The van der Waals surface area contributed by atoms with Crippen LogP contribution >= 0.6 is 11.8 Å². The average Bonchev–Trinajstić information content (AvgIpc) is 1.83. The first kappa shape index (κ1) is 8.83. The lowest BCUT2D eigenvalue weighted by Gasteiger charge is -2.25. The van der Waals surface area contributed by atoms with Gasteiger partial charge in [0.2, 0.25) is 5.91 Å². The summed E-state index contributed by atoms with van der Waals surface area (Å²) in [6.45, 7) is 1.55. The highest BCUT2D eigenvalue weighted by atomic mass is 32.2. The fraction of sp³-hybridized carbons (Fsp3) is 0.833. The van der Waals surface area contributed by atoms with E-state index in [1.165, 1.54) is 0 Å².